The third-order valence-corrected chi connectivity index (χ3v) is 2.53. The van der Waals surface area contributed by atoms with Crippen LogP contribution in [-0.4, -0.2) is 18.1 Å². The number of hydrogen-bond acceptors (Lipinski definition) is 1. The van der Waals surface area contributed by atoms with Crippen LogP contribution >= 0.6 is 0 Å². The van der Waals surface area contributed by atoms with Gasteiger partial charge >= 0.3 is 0 Å². The van der Waals surface area contributed by atoms with Crippen LogP contribution in [0.25, 0.3) is 0 Å². The first-order chi connectivity index (χ1) is 7.16. The van der Waals surface area contributed by atoms with Crippen molar-refractivity contribution in [3.63, 3.8) is 0 Å². The summed E-state index contributed by atoms with van der Waals surface area (Å²) < 4.78 is 25.6. The molecule has 0 atom stereocenters. The van der Waals surface area contributed by atoms with Crippen molar-refractivity contribution in [2.75, 3.05) is 0 Å². The number of amides is 1. The molecule has 0 heterocycles. The molecule has 1 aromatic rings. The molecule has 1 fully saturated rings. The van der Waals surface area contributed by atoms with Gasteiger partial charge in [0, 0.05) is 6.04 Å². The van der Waals surface area contributed by atoms with Crippen molar-refractivity contribution >= 4 is 5.91 Å². The normalized spacial score (nSPS) is 24.4. The Morgan fingerprint density at radius 3 is 2.60 bits per heavy atom. The molecule has 0 unspecified atom stereocenters. The van der Waals surface area contributed by atoms with Crippen molar-refractivity contribution in [2.24, 2.45) is 0 Å². The molecule has 0 bridgehead atoms. The number of benzene rings is 1. The van der Waals surface area contributed by atoms with Crippen LogP contribution in [-0.2, 0) is 0 Å². The Morgan fingerprint density at radius 1 is 1.33 bits per heavy atom. The maximum Gasteiger partial charge on any atom is 0.254 e. The van der Waals surface area contributed by atoms with Gasteiger partial charge in [-0.05, 0) is 25.0 Å². The molecular formula is C11H11F2NO. The summed E-state index contributed by atoms with van der Waals surface area (Å²) in [5.41, 5.74) is 0.0137. The predicted molar refractivity (Wildman–Crippen MR) is 51.8 cm³/mol. The fraction of sp³-hybridized carbons (Fsp3) is 0.364. The van der Waals surface area contributed by atoms with E-state index in [-0.39, 0.29) is 11.6 Å². The molecule has 1 saturated carbocycles. The fourth-order valence-electron chi connectivity index (χ4n) is 1.57. The third-order valence-electron chi connectivity index (χ3n) is 2.53. The van der Waals surface area contributed by atoms with Crippen molar-refractivity contribution in [2.45, 2.75) is 25.1 Å². The molecule has 1 N–H and O–H groups in total. The largest absolute Gasteiger partial charge is 0.349 e. The second-order valence-corrected chi connectivity index (χ2v) is 3.72. The van der Waals surface area contributed by atoms with E-state index in [2.05, 4.69) is 5.32 Å². The van der Waals surface area contributed by atoms with Gasteiger partial charge in [0.25, 0.3) is 5.91 Å². The molecule has 0 radical (unpaired) electrons. The van der Waals surface area contributed by atoms with Gasteiger partial charge in [-0.15, -0.1) is 0 Å². The van der Waals surface area contributed by atoms with Gasteiger partial charge in [0.1, 0.15) is 12.0 Å². The van der Waals surface area contributed by atoms with Crippen LogP contribution in [0.4, 0.5) is 8.78 Å². The Hall–Kier alpha value is -1.45. The van der Waals surface area contributed by atoms with Crippen molar-refractivity contribution in [3.05, 3.63) is 35.6 Å². The molecule has 1 amide bonds. The summed E-state index contributed by atoms with van der Waals surface area (Å²) in [6, 6.07) is 5.61. The van der Waals surface area contributed by atoms with Gasteiger partial charge in [-0.1, -0.05) is 12.1 Å². The Morgan fingerprint density at radius 2 is 2.00 bits per heavy atom. The standard InChI is InChI=1S/C11H11F2NO/c12-7-5-8(6-7)14-11(15)9-3-1-2-4-10(9)13/h1-4,7-8H,5-6H2,(H,14,15). The van der Waals surface area contributed by atoms with E-state index in [1.54, 1.807) is 6.07 Å². The van der Waals surface area contributed by atoms with Crippen molar-refractivity contribution < 1.29 is 13.6 Å². The first kappa shape index (κ1) is 10.1. The average molecular weight is 211 g/mol. The lowest BCUT2D eigenvalue weighted by Gasteiger charge is -2.30. The lowest BCUT2D eigenvalue weighted by atomic mass is 9.90. The molecule has 0 aliphatic heterocycles. The Kier molecular flexibility index (Phi) is 2.66. The molecule has 1 aliphatic rings. The number of carbonyl (C=O) groups is 1. The topological polar surface area (TPSA) is 29.1 Å². The molecule has 0 aromatic heterocycles. The number of hydrogen-bond donors (Lipinski definition) is 1. The van der Waals surface area contributed by atoms with Crippen molar-refractivity contribution in [1.82, 2.24) is 5.32 Å². The monoisotopic (exact) mass is 211 g/mol. The van der Waals surface area contributed by atoms with E-state index in [0.29, 0.717) is 12.8 Å². The van der Waals surface area contributed by atoms with Gasteiger partial charge in [0.15, 0.2) is 0 Å². The van der Waals surface area contributed by atoms with E-state index in [4.69, 9.17) is 0 Å². The van der Waals surface area contributed by atoms with Gasteiger partial charge < -0.3 is 5.32 Å². The highest BCUT2D eigenvalue weighted by molar-refractivity contribution is 5.94. The zero-order chi connectivity index (χ0) is 10.8. The second-order valence-electron chi connectivity index (χ2n) is 3.72. The minimum atomic E-state index is -0.823. The van der Waals surface area contributed by atoms with Gasteiger partial charge in [-0.25, -0.2) is 8.78 Å². The molecule has 4 heteroatoms. The predicted octanol–water partition coefficient (Wildman–Crippen LogP) is 2.06. The van der Waals surface area contributed by atoms with Crippen LogP contribution in [0.2, 0.25) is 0 Å². The zero-order valence-corrected chi connectivity index (χ0v) is 8.04. The van der Waals surface area contributed by atoms with Crippen molar-refractivity contribution in [1.29, 1.82) is 0 Å². The van der Waals surface area contributed by atoms with E-state index in [0.717, 1.165) is 0 Å². The minimum absolute atomic E-state index is 0.0137. The zero-order valence-electron chi connectivity index (χ0n) is 8.04. The Balaban J connectivity index is 1.99. The number of rotatable bonds is 2. The highest BCUT2D eigenvalue weighted by Crippen LogP contribution is 2.23. The van der Waals surface area contributed by atoms with Crippen LogP contribution in [0.15, 0.2) is 24.3 Å². The Bertz CT molecular complexity index is 375. The van der Waals surface area contributed by atoms with Crippen LogP contribution < -0.4 is 5.32 Å². The van der Waals surface area contributed by atoms with E-state index in [1.165, 1.54) is 18.2 Å². The molecule has 15 heavy (non-hydrogen) atoms. The van der Waals surface area contributed by atoms with Gasteiger partial charge in [-0.3, -0.25) is 4.79 Å². The highest BCUT2D eigenvalue weighted by atomic mass is 19.1. The maximum absolute atomic E-state index is 13.2. The molecule has 80 valence electrons. The fourth-order valence-corrected chi connectivity index (χ4v) is 1.57. The summed E-state index contributed by atoms with van der Waals surface area (Å²) in [7, 11) is 0. The van der Waals surface area contributed by atoms with Gasteiger partial charge in [0.2, 0.25) is 0 Å². The summed E-state index contributed by atoms with van der Waals surface area (Å²) in [5.74, 6) is -1.02. The van der Waals surface area contributed by atoms with Crippen LogP contribution in [0.3, 0.4) is 0 Å². The summed E-state index contributed by atoms with van der Waals surface area (Å²) in [6.07, 6.45) is -0.156. The first-order valence-corrected chi connectivity index (χ1v) is 4.86. The second kappa shape index (κ2) is 3.96. The highest BCUT2D eigenvalue weighted by Gasteiger charge is 2.30. The Labute approximate surface area is 86.3 Å². The summed E-state index contributed by atoms with van der Waals surface area (Å²) in [4.78, 5) is 11.5. The van der Waals surface area contributed by atoms with Gasteiger partial charge in [-0.2, -0.15) is 0 Å². The lowest BCUT2D eigenvalue weighted by Crippen LogP contribution is -2.45. The summed E-state index contributed by atoms with van der Waals surface area (Å²) in [5, 5.41) is 2.58. The third kappa shape index (κ3) is 2.14. The molecule has 2 nitrogen and oxygen atoms in total. The maximum atomic E-state index is 13.2. The van der Waals surface area contributed by atoms with Gasteiger partial charge in [0.05, 0.1) is 5.56 Å². The summed E-state index contributed by atoms with van der Waals surface area (Å²) >= 11 is 0. The quantitative estimate of drug-likeness (QED) is 0.797. The first-order valence-electron chi connectivity index (χ1n) is 4.86. The van der Waals surface area contributed by atoms with E-state index >= 15 is 0 Å². The van der Waals surface area contributed by atoms with E-state index in [1.807, 2.05) is 0 Å². The van der Waals surface area contributed by atoms with E-state index < -0.39 is 17.9 Å². The lowest BCUT2D eigenvalue weighted by molar-refractivity contribution is 0.0856. The number of halogens is 2. The number of alkyl halides is 1. The smallest absolute Gasteiger partial charge is 0.254 e. The molecule has 2 rings (SSSR count). The molecular weight excluding hydrogens is 200 g/mol. The molecule has 1 aliphatic carbocycles. The average Bonchev–Trinajstić information content (AvgIpc) is 2.16. The molecule has 1 aromatic carbocycles. The minimum Gasteiger partial charge on any atom is -0.349 e. The number of carbonyl (C=O) groups excluding carboxylic acids is 1. The SMILES string of the molecule is O=C(NC1CC(F)C1)c1ccccc1F. The van der Waals surface area contributed by atoms with Crippen molar-refractivity contribution in [3.8, 4) is 0 Å². The van der Waals surface area contributed by atoms with E-state index in [9.17, 15) is 13.6 Å². The molecule has 0 saturated heterocycles. The number of nitrogens with one attached hydrogen (secondary N) is 1. The van der Waals surface area contributed by atoms with Crippen LogP contribution in [0, 0.1) is 5.82 Å². The molecule has 0 spiro atoms. The van der Waals surface area contributed by atoms with Crippen LogP contribution in [0.1, 0.15) is 23.2 Å². The van der Waals surface area contributed by atoms with Crippen LogP contribution in [0.5, 0.6) is 0 Å². The summed E-state index contributed by atoms with van der Waals surface area (Å²) in [6.45, 7) is 0.